The van der Waals surface area contributed by atoms with Crippen LogP contribution >= 0.6 is 11.3 Å². The van der Waals surface area contributed by atoms with E-state index in [4.69, 9.17) is 0 Å². The highest BCUT2D eigenvalue weighted by Gasteiger charge is 2.09. The van der Waals surface area contributed by atoms with Crippen molar-refractivity contribution in [3.05, 3.63) is 58.3 Å². The molecular weight excluding hydrogens is 264 g/mol. The number of benzene rings is 1. The molecule has 0 bridgehead atoms. The van der Waals surface area contributed by atoms with Crippen LogP contribution in [0.15, 0.2) is 47.8 Å². The van der Waals surface area contributed by atoms with E-state index in [1.54, 1.807) is 0 Å². The second-order valence-corrected chi connectivity index (χ2v) is 6.21. The monoisotopic (exact) mass is 288 g/mol. The normalized spacial score (nSPS) is 12.8. The number of nitrogens with zero attached hydrogens (tertiary/aromatic N) is 1. The van der Waals surface area contributed by atoms with Gasteiger partial charge in [0, 0.05) is 17.5 Å². The standard InChI is InChI=1S/C17H24N2S/c1-18-17(15-7-4-3-5-8-15)11-13-19(2)12-10-16-9-6-14-20-16/h3-9,14,17-18H,10-13H2,1-2H3. The molecule has 20 heavy (non-hydrogen) atoms. The summed E-state index contributed by atoms with van der Waals surface area (Å²) in [6.07, 6.45) is 2.30. The average Bonchev–Trinajstić information content (AvgIpc) is 3.00. The maximum atomic E-state index is 3.42. The molecule has 1 N–H and O–H groups in total. The SMILES string of the molecule is CNC(CCN(C)CCc1cccs1)c1ccccc1. The zero-order valence-corrected chi connectivity index (χ0v) is 13.2. The smallest absolute Gasteiger partial charge is 0.0329 e. The van der Waals surface area contributed by atoms with E-state index in [1.165, 1.54) is 10.4 Å². The van der Waals surface area contributed by atoms with Gasteiger partial charge >= 0.3 is 0 Å². The van der Waals surface area contributed by atoms with Crippen molar-refractivity contribution in [1.29, 1.82) is 0 Å². The molecule has 0 saturated carbocycles. The van der Waals surface area contributed by atoms with Crippen LogP contribution in [-0.2, 0) is 6.42 Å². The van der Waals surface area contributed by atoms with Gasteiger partial charge in [0.05, 0.1) is 0 Å². The predicted octanol–water partition coefficient (Wildman–Crippen LogP) is 3.57. The first kappa shape index (κ1) is 15.2. The minimum absolute atomic E-state index is 0.445. The van der Waals surface area contributed by atoms with E-state index < -0.39 is 0 Å². The van der Waals surface area contributed by atoms with E-state index in [2.05, 4.69) is 65.1 Å². The number of nitrogens with one attached hydrogen (secondary N) is 1. The maximum Gasteiger partial charge on any atom is 0.0329 e. The third-order valence-corrected chi connectivity index (χ3v) is 4.61. The highest BCUT2D eigenvalue weighted by atomic mass is 32.1. The van der Waals surface area contributed by atoms with Crippen molar-refractivity contribution in [2.75, 3.05) is 27.2 Å². The van der Waals surface area contributed by atoms with Gasteiger partial charge in [-0.05, 0) is 50.5 Å². The van der Waals surface area contributed by atoms with Gasteiger partial charge in [-0.15, -0.1) is 11.3 Å². The third-order valence-electron chi connectivity index (χ3n) is 3.67. The highest BCUT2D eigenvalue weighted by molar-refractivity contribution is 7.09. The zero-order chi connectivity index (χ0) is 14.2. The zero-order valence-electron chi connectivity index (χ0n) is 12.4. The molecule has 2 aromatic rings. The van der Waals surface area contributed by atoms with Gasteiger partial charge in [0.2, 0.25) is 0 Å². The van der Waals surface area contributed by atoms with Crippen molar-refractivity contribution in [1.82, 2.24) is 10.2 Å². The van der Waals surface area contributed by atoms with E-state index in [-0.39, 0.29) is 0 Å². The molecule has 2 nitrogen and oxygen atoms in total. The van der Waals surface area contributed by atoms with E-state index in [9.17, 15) is 0 Å². The molecule has 0 radical (unpaired) electrons. The van der Waals surface area contributed by atoms with Crippen molar-refractivity contribution in [2.24, 2.45) is 0 Å². The summed E-state index contributed by atoms with van der Waals surface area (Å²) in [6.45, 7) is 2.25. The maximum absolute atomic E-state index is 3.42. The van der Waals surface area contributed by atoms with Gasteiger partial charge in [-0.25, -0.2) is 0 Å². The average molecular weight is 288 g/mol. The Morgan fingerprint density at radius 3 is 2.55 bits per heavy atom. The highest BCUT2D eigenvalue weighted by Crippen LogP contribution is 2.16. The fourth-order valence-corrected chi connectivity index (χ4v) is 3.08. The van der Waals surface area contributed by atoms with E-state index >= 15 is 0 Å². The van der Waals surface area contributed by atoms with Gasteiger partial charge in [-0.1, -0.05) is 36.4 Å². The molecule has 108 valence electrons. The fourth-order valence-electron chi connectivity index (χ4n) is 2.38. The van der Waals surface area contributed by atoms with Crippen LogP contribution in [0.3, 0.4) is 0 Å². The summed E-state index contributed by atoms with van der Waals surface area (Å²) in [5.41, 5.74) is 1.38. The third kappa shape index (κ3) is 4.75. The van der Waals surface area contributed by atoms with E-state index in [0.29, 0.717) is 6.04 Å². The van der Waals surface area contributed by atoms with Crippen LogP contribution in [0.4, 0.5) is 0 Å². The molecule has 1 aromatic carbocycles. The van der Waals surface area contributed by atoms with Crippen LogP contribution in [0, 0.1) is 0 Å². The summed E-state index contributed by atoms with van der Waals surface area (Å²) in [7, 11) is 4.26. The lowest BCUT2D eigenvalue weighted by Crippen LogP contribution is -2.27. The van der Waals surface area contributed by atoms with Gasteiger partial charge in [0.1, 0.15) is 0 Å². The molecule has 0 spiro atoms. The molecule has 0 fully saturated rings. The summed E-state index contributed by atoms with van der Waals surface area (Å²) in [4.78, 5) is 3.90. The van der Waals surface area contributed by atoms with Crippen molar-refractivity contribution in [2.45, 2.75) is 18.9 Å². The van der Waals surface area contributed by atoms with Crippen molar-refractivity contribution in [3.8, 4) is 0 Å². The Balaban J connectivity index is 1.75. The van der Waals surface area contributed by atoms with Gasteiger partial charge in [0.25, 0.3) is 0 Å². The molecule has 0 aliphatic heterocycles. The lowest BCUT2D eigenvalue weighted by atomic mass is 10.0. The van der Waals surface area contributed by atoms with Crippen molar-refractivity contribution >= 4 is 11.3 Å². The minimum Gasteiger partial charge on any atom is -0.313 e. The molecule has 1 atom stereocenters. The van der Waals surface area contributed by atoms with Gasteiger partial charge in [-0.2, -0.15) is 0 Å². The Morgan fingerprint density at radius 2 is 1.90 bits per heavy atom. The Bertz CT molecular complexity index is 467. The minimum atomic E-state index is 0.445. The lowest BCUT2D eigenvalue weighted by molar-refractivity contribution is 0.315. The van der Waals surface area contributed by atoms with E-state index in [1.807, 2.05) is 18.4 Å². The molecule has 2 rings (SSSR count). The summed E-state index contributed by atoms with van der Waals surface area (Å²) in [6, 6.07) is 15.5. The number of thiophene rings is 1. The van der Waals surface area contributed by atoms with Crippen LogP contribution in [0.1, 0.15) is 22.9 Å². The summed E-state index contributed by atoms with van der Waals surface area (Å²) < 4.78 is 0. The number of hydrogen-bond donors (Lipinski definition) is 1. The molecule has 0 saturated heterocycles. The first-order valence-corrected chi connectivity index (χ1v) is 8.10. The fraction of sp³-hybridized carbons (Fsp3) is 0.412. The molecule has 0 aliphatic rings. The van der Waals surface area contributed by atoms with Crippen LogP contribution in [0.25, 0.3) is 0 Å². The summed E-state index contributed by atoms with van der Waals surface area (Å²) >= 11 is 1.85. The summed E-state index contributed by atoms with van der Waals surface area (Å²) in [5.74, 6) is 0. The first-order chi connectivity index (χ1) is 9.79. The Kier molecular flexibility index (Phi) is 6.25. The Labute approximate surface area is 126 Å². The second-order valence-electron chi connectivity index (χ2n) is 5.17. The molecule has 0 aliphatic carbocycles. The summed E-state index contributed by atoms with van der Waals surface area (Å²) in [5, 5.41) is 5.57. The molecule has 1 aromatic heterocycles. The Morgan fingerprint density at radius 1 is 1.10 bits per heavy atom. The van der Waals surface area contributed by atoms with Gasteiger partial charge in [0.15, 0.2) is 0 Å². The molecular formula is C17H24N2S. The lowest BCUT2D eigenvalue weighted by Gasteiger charge is -2.21. The number of rotatable bonds is 8. The molecule has 0 amide bonds. The predicted molar refractivity (Wildman–Crippen MR) is 88.4 cm³/mol. The molecule has 1 unspecified atom stereocenters. The quantitative estimate of drug-likeness (QED) is 0.799. The second kappa shape index (κ2) is 8.20. The van der Waals surface area contributed by atoms with Gasteiger partial charge in [-0.3, -0.25) is 0 Å². The largest absolute Gasteiger partial charge is 0.313 e. The first-order valence-electron chi connectivity index (χ1n) is 7.22. The van der Waals surface area contributed by atoms with Crippen LogP contribution in [0.5, 0.6) is 0 Å². The Hall–Kier alpha value is -1.16. The topological polar surface area (TPSA) is 15.3 Å². The van der Waals surface area contributed by atoms with Crippen LogP contribution in [-0.4, -0.2) is 32.1 Å². The van der Waals surface area contributed by atoms with Crippen LogP contribution in [0.2, 0.25) is 0 Å². The van der Waals surface area contributed by atoms with Gasteiger partial charge < -0.3 is 10.2 Å². The molecule has 1 heterocycles. The van der Waals surface area contributed by atoms with Crippen molar-refractivity contribution in [3.63, 3.8) is 0 Å². The van der Waals surface area contributed by atoms with Crippen molar-refractivity contribution < 1.29 is 0 Å². The molecule has 3 heteroatoms. The number of likely N-dealkylation sites (N-methyl/N-ethyl adjacent to an activating group) is 1. The van der Waals surface area contributed by atoms with E-state index in [0.717, 1.165) is 25.9 Å². The number of hydrogen-bond acceptors (Lipinski definition) is 3. The van der Waals surface area contributed by atoms with Crippen LogP contribution < -0.4 is 5.32 Å².